The van der Waals surface area contributed by atoms with Crippen molar-refractivity contribution in [1.29, 1.82) is 0 Å². The van der Waals surface area contributed by atoms with Crippen molar-refractivity contribution in [3.05, 3.63) is 72.1 Å². The zero-order valence-corrected chi connectivity index (χ0v) is 16.2. The first-order chi connectivity index (χ1) is 13.0. The zero-order valence-electron chi connectivity index (χ0n) is 15.3. The van der Waals surface area contributed by atoms with Crippen molar-refractivity contribution in [2.24, 2.45) is 0 Å². The second-order valence-corrected chi connectivity index (χ2v) is 6.84. The molecule has 0 aliphatic carbocycles. The van der Waals surface area contributed by atoms with Crippen molar-refractivity contribution in [3.8, 4) is 5.69 Å². The lowest BCUT2D eigenvalue weighted by Crippen LogP contribution is -2.22. The molecule has 2 amide bonds. The van der Waals surface area contributed by atoms with Crippen LogP contribution in [0, 0.1) is 0 Å². The van der Waals surface area contributed by atoms with Gasteiger partial charge in [-0.2, -0.15) is 0 Å². The quantitative estimate of drug-likeness (QED) is 0.688. The Kier molecular flexibility index (Phi) is 5.61. The molecular weight excluding hydrogens is 360 g/mol. The highest BCUT2D eigenvalue weighted by Crippen LogP contribution is 2.19. The number of hydrogen-bond acceptors (Lipinski definition) is 4. The van der Waals surface area contributed by atoms with Gasteiger partial charge >= 0.3 is 0 Å². The summed E-state index contributed by atoms with van der Waals surface area (Å²) in [6.07, 6.45) is 5.60. The smallest absolute Gasteiger partial charge is 0.255 e. The topological polar surface area (TPSA) is 67.2 Å². The van der Waals surface area contributed by atoms with E-state index in [0.717, 1.165) is 10.8 Å². The Hall–Kier alpha value is -3.06. The van der Waals surface area contributed by atoms with Gasteiger partial charge in [0.1, 0.15) is 0 Å². The van der Waals surface area contributed by atoms with Crippen molar-refractivity contribution in [3.63, 3.8) is 0 Å². The van der Waals surface area contributed by atoms with Crippen LogP contribution < -0.4 is 5.32 Å². The predicted molar refractivity (Wildman–Crippen MR) is 108 cm³/mol. The highest BCUT2D eigenvalue weighted by Gasteiger charge is 2.11. The van der Waals surface area contributed by atoms with E-state index in [4.69, 9.17) is 0 Å². The molecule has 2 aromatic carbocycles. The van der Waals surface area contributed by atoms with Crippen molar-refractivity contribution in [2.45, 2.75) is 5.16 Å². The van der Waals surface area contributed by atoms with Crippen molar-refractivity contribution < 1.29 is 9.59 Å². The third kappa shape index (κ3) is 4.20. The molecule has 1 aromatic heterocycles. The van der Waals surface area contributed by atoms with E-state index in [1.165, 1.54) is 4.90 Å². The molecule has 6 nitrogen and oxygen atoms in total. The van der Waals surface area contributed by atoms with Gasteiger partial charge in [-0.1, -0.05) is 17.8 Å². The number of rotatable bonds is 5. The molecule has 7 heteroatoms. The molecule has 0 unspecified atom stereocenters. The Labute approximate surface area is 162 Å². The summed E-state index contributed by atoms with van der Waals surface area (Å²) in [6, 6.07) is 14.2. The fourth-order valence-corrected chi connectivity index (χ4v) is 3.13. The van der Waals surface area contributed by atoms with Gasteiger partial charge in [0.25, 0.3) is 11.8 Å². The van der Waals surface area contributed by atoms with Gasteiger partial charge in [0.2, 0.25) is 0 Å². The minimum Gasteiger partial charge on any atom is -0.345 e. The van der Waals surface area contributed by atoms with E-state index in [-0.39, 0.29) is 11.8 Å². The number of nitrogens with one attached hydrogen (secondary N) is 1. The van der Waals surface area contributed by atoms with E-state index >= 15 is 0 Å². The molecule has 0 spiro atoms. The maximum absolute atomic E-state index is 12.5. The Morgan fingerprint density at radius 2 is 1.81 bits per heavy atom. The van der Waals surface area contributed by atoms with E-state index in [1.54, 1.807) is 68.5 Å². The minimum absolute atomic E-state index is 0.111. The molecule has 0 radical (unpaired) electrons. The zero-order chi connectivity index (χ0) is 19.4. The number of thioether (sulfide) groups is 1. The fraction of sp³-hybridized carbons (Fsp3) is 0.150. The van der Waals surface area contributed by atoms with Crippen LogP contribution in [-0.2, 0) is 0 Å². The molecule has 1 N–H and O–H groups in total. The molecular formula is C20H20N4O2S. The molecule has 1 heterocycles. The van der Waals surface area contributed by atoms with Crippen LogP contribution in [0.25, 0.3) is 5.69 Å². The summed E-state index contributed by atoms with van der Waals surface area (Å²) in [7, 11) is 3.38. The van der Waals surface area contributed by atoms with Crippen LogP contribution in [0.4, 0.5) is 5.69 Å². The van der Waals surface area contributed by atoms with Crippen LogP contribution in [0.1, 0.15) is 20.7 Å². The summed E-state index contributed by atoms with van der Waals surface area (Å²) in [5.74, 6) is -0.341. The highest BCUT2D eigenvalue weighted by molar-refractivity contribution is 7.98. The van der Waals surface area contributed by atoms with Gasteiger partial charge < -0.3 is 10.2 Å². The van der Waals surface area contributed by atoms with Gasteiger partial charge in [0, 0.05) is 49.0 Å². The van der Waals surface area contributed by atoms with E-state index < -0.39 is 0 Å². The number of carbonyl (C=O) groups is 2. The van der Waals surface area contributed by atoms with Gasteiger partial charge in [-0.3, -0.25) is 14.2 Å². The maximum atomic E-state index is 12.5. The van der Waals surface area contributed by atoms with E-state index in [9.17, 15) is 9.59 Å². The predicted octanol–water partition coefficient (Wildman–Crippen LogP) is 3.55. The van der Waals surface area contributed by atoms with Crippen LogP contribution in [0.3, 0.4) is 0 Å². The van der Waals surface area contributed by atoms with E-state index in [0.29, 0.717) is 16.8 Å². The van der Waals surface area contributed by atoms with Crippen LogP contribution >= 0.6 is 11.8 Å². The fourth-order valence-electron chi connectivity index (χ4n) is 2.60. The van der Waals surface area contributed by atoms with Gasteiger partial charge in [-0.25, -0.2) is 4.98 Å². The van der Waals surface area contributed by atoms with Gasteiger partial charge in [0.15, 0.2) is 5.16 Å². The number of amides is 2. The van der Waals surface area contributed by atoms with E-state index in [2.05, 4.69) is 10.3 Å². The SMILES string of the molecule is CSc1nccn1-c1ccc(C(=O)Nc2cccc(C(=O)N(C)C)c2)cc1. The number of imidazole rings is 1. The molecule has 3 aromatic rings. The molecule has 0 aliphatic heterocycles. The summed E-state index contributed by atoms with van der Waals surface area (Å²) in [5.41, 5.74) is 2.58. The largest absolute Gasteiger partial charge is 0.345 e. The summed E-state index contributed by atoms with van der Waals surface area (Å²) in [4.78, 5) is 30.4. The Morgan fingerprint density at radius 1 is 1.07 bits per heavy atom. The van der Waals surface area contributed by atoms with Crippen molar-refractivity contribution in [1.82, 2.24) is 14.5 Å². The number of nitrogens with zero attached hydrogens (tertiary/aromatic N) is 3. The standard InChI is InChI=1S/C20H20N4O2S/c1-23(2)19(26)15-5-4-6-16(13-15)22-18(25)14-7-9-17(10-8-14)24-12-11-21-20(24)27-3/h4-13H,1-3H3,(H,22,25). The van der Waals surface area contributed by atoms with Crippen LogP contribution in [-0.4, -0.2) is 46.6 Å². The summed E-state index contributed by atoms with van der Waals surface area (Å²) >= 11 is 1.56. The van der Waals surface area contributed by atoms with Gasteiger partial charge in [-0.15, -0.1) is 0 Å². The van der Waals surface area contributed by atoms with E-state index in [1.807, 2.05) is 29.2 Å². The van der Waals surface area contributed by atoms with Gasteiger partial charge in [0.05, 0.1) is 0 Å². The molecule has 3 rings (SSSR count). The first-order valence-electron chi connectivity index (χ1n) is 8.30. The highest BCUT2D eigenvalue weighted by atomic mass is 32.2. The summed E-state index contributed by atoms with van der Waals surface area (Å²) in [6.45, 7) is 0. The Balaban J connectivity index is 1.75. The number of benzene rings is 2. The lowest BCUT2D eigenvalue weighted by atomic mass is 10.1. The van der Waals surface area contributed by atoms with Crippen LogP contribution in [0.5, 0.6) is 0 Å². The lowest BCUT2D eigenvalue weighted by molar-refractivity contribution is 0.0827. The maximum Gasteiger partial charge on any atom is 0.255 e. The van der Waals surface area contributed by atoms with Crippen LogP contribution in [0.2, 0.25) is 0 Å². The summed E-state index contributed by atoms with van der Waals surface area (Å²) in [5, 5.41) is 3.72. The molecule has 27 heavy (non-hydrogen) atoms. The molecule has 0 saturated heterocycles. The number of hydrogen-bond donors (Lipinski definition) is 1. The molecule has 0 fully saturated rings. The summed E-state index contributed by atoms with van der Waals surface area (Å²) < 4.78 is 1.96. The van der Waals surface area contributed by atoms with Crippen molar-refractivity contribution in [2.75, 3.05) is 25.7 Å². The molecule has 138 valence electrons. The number of carbonyl (C=O) groups excluding carboxylic acids is 2. The van der Waals surface area contributed by atoms with Crippen molar-refractivity contribution >= 4 is 29.3 Å². The Morgan fingerprint density at radius 3 is 2.48 bits per heavy atom. The Bertz CT molecular complexity index is 964. The third-order valence-electron chi connectivity index (χ3n) is 3.97. The average molecular weight is 380 g/mol. The monoisotopic (exact) mass is 380 g/mol. The third-order valence-corrected chi connectivity index (χ3v) is 4.64. The lowest BCUT2D eigenvalue weighted by Gasteiger charge is -2.12. The second kappa shape index (κ2) is 8.09. The first-order valence-corrected chi connectivity index (χ1v) is 9.53. The minimum atomic E-state index is -0.230. The molecule has 0 saturated carbocycles. The number of anilines is 1. The molecule has 0 atom stereocenters. The van der Waals surface area contributed by atoms with Gasteiger partial charge in [-0.05, 0) is 48.7 Å². The first kappa shape index (κ1) is 18.7. The average Bonchev–Trinajstić information content (AvgIpc) is 3.16. The molecule has 0 aliphatic rings. The second-order valence-electron chi connectivity index (χ2n) is 6.07. The molecule has 0 bridgehead atoms. The normalized spacial score (nSPS) is 10.5. The van der Waals surface area contributed by atoms with Crippen LogP contribution in [0.15, 0.2) is 66.1 Å². The number of aromatic nitrogens is 2.